The van der Waals surface area contributed by atoms with Gasteiger partial charge < -0.3 is 9.67 Å². The van der Waals surface area contributed by atoms with E-state index in [0.29, 0.717) is 0 Å². The van der Waals surface area contributed by atoms with Crippen molar-refractivity contribution in [1.82, 2.24) is 4.57 Å². The maximum atomic E-state index is 9.76. The fraction of sp³-hybridized carbons (Fsp3) is 0.167. The SMILES string of the molecule is C[Si](C)(c1ccc2c(ccn2Cc2ccccc2)c1)c1ccccc1CO. The van der Waals surface area contributed by atoms with Gasteiger partial charge in [-0.1, -0.05) is 85.0 Å². The van der Waals surface area contributed by atoms with Crippen LogP contribution >= 0.6 is 0 Å². The molecule has 3 heteroatoms. The van der Waals surface area contributed by atoms with Crippen LogP contribution in [0.4, 0.5) is 0 Å². The molecule has 0 fully saturated rings. The molecule has 1 aromatic heterocycles. The van der Waals surface area contributed by atoms with Crippen LogP contribution in [0.15, 0.2) is 85.1 Å². The molecule has 0 aliphatic rings. The summed E-state index contributed by atoms with van der Waals surface area (Å²) in [6.07, 6.45) is 2.18. The van der Waals surface area contributed by atoms with Gasteiger partial charge in [-0.15, -0.1) is 0 Å². The second-order valence-electron chi connectivity index (χ2n) is 7.64. The molecule has 0 saturated carbocycles. The minimum absolute atomic E-state index is 0.0995. The largest absolute Gasteiger partial charge is 0.392 e. The Labute approximate surface area is 161 Å². The molecule has 136 valence electrons. The zero-order valence-electron chi connectivity index (χ0n) is 15.9. The fourth-order valence-electron chi connectivity index (χ4n) is 3.93. The van der Waals surface area contributed by atoms with E-state index in [4.69, 9.17) is 0 Å². The lowest BCUT2D eigenvalue weighted by molar-refractivity contribution is 0.283. The van der Waals surface area contributed by atoms with Crippen molar-refractivity contribution in [2.45, 2.75) is 26.2 Å². The van der Waals surface area contributed by atoms with Crippen LogP contribution in [-0.2, 0) is 13.2 Å². The first-order valence-electron chi connectivity index (χ1n) is 9.42. The molecule has 0 aliphatic carbocycles. The van der Waals surface area contributed by atoms with Gasteiger partial charge >= 0.3 is 0 Å². The van der Waals surface area contributed by atoms with Crippen molar-refractivity contribution in [3.05, 3.63) is 96.2 Å². The summed E-state index contributed by atoms with van der Waals surface area (Å²) in [4.78, 5) is 0. The molecule has 27 heavy (non-hydrogen) atoms. The number of rotatable bonds is 5. The predicted octanol–water partition coefficient (Wildman–Crippen LogP) is 4.00. The molecule has 0 spiro atoms. The minimum atomic E-state index is -1.87. The van der Waals surface area contributed by atoms with Crippen molar-refractivity contribution in [2.75, 3.05) is 0 Å². The van der Waals surface area contributed by atoms with Crippen molar-refractivity contribution in [1.29, 1.82) is 0 Å². The van der Waals surface area contributed by atoms with Gasteiger partial charge in [-0.05, 0) is 33.8 Å². The molecule has 1 N–H and O–H groups in total. The lowest BCUT2D eigenvalue weighted by atomic mass is 10.2. The van der Waals surface area contributed by atoms with Gasteiger partial charge in [-0.3, -0.25) is 0 Å². The third kappa shape index (κ3) is 3.36. The summed E-state index contributed by atoms with van der Waals surface area (Å²) in [5.74, 6) is 0. The number of aliphatic hydroxyl groups is 1. The number of nitrogens with zero attached hydrogens (tertiary/aromatic N) is 1. The van der Waals surface area contributed by atoms with Gasteiger partial charge in [0.1, 0.15) is 8.07 Å². The number of hydrogen-bond donors (Lipinski definition) is 1. The molecule has 0 unspecified atom stereocenters. The van der Waals surface area contributed by atoms with Crippen molar-refractivity contribution >= 4 is 29.4 Å². The second-order valence-corrected chi connectivity index (χ2v) is 12.0. The molecule has 0 saturated heterocycles. The molecule has 0 bridgehead atoms. The summed E-state index contributed by atoms with van der Waals surface area (Å²) in [5, 5.41) is 13.8. The molecule has 4 aromatic rings. The normalized spacial score (nSPS) is 11.8. The number of aliphatic hydroxyl groups excluding tert-OH is 1. The van der Waals surface area contributed by atoms with Crippen LogP contribution in [0.3, 0.4) is 0 Å². The van der Waals surface area contributed by atoms with E-state index in [9.17, 15) is 5.11 Å². The van der Waals surface area contributed by atoms with Gasteiger partial charge in [-0.25, -0.2) is 0 Å². The molecule has 0 amide bonds. The van der Waals surface area contributed by atoms with Crippen LogP contribution in [0, 0.1) is 0 Å². The van der Waals surface area contributed by atoms with Crippen molar-refractivity contribution in [3.8, 4) is 0 Å². The molecule has 1 heterocycles. The van der Waals surface area contributed by atoms with E-state index in [-0.39, 0.29) is 6.61 Å². The van der Waals surface area contributed by atoms with Crippen LogP contribution < -0.4 is 10.4 Å². The van der Waals surface area contributed by atoms with Crippen LogP contribution in [0.5, 0.6) is 0 Å². The Morgan fingerprint density at radius 2 is 1.59 bits per heavy atom. The van der Waals surface area contributed by atoms with Gasteiger partial charge in [0.2, 0.25) is 0 Å². The molecular formula is C24H25NOSi. The van der Waals surface area contributed by atoms with Gasteiger partial charge in [0.05, 0.1) is 6.61 Å². The van der Waals surface area contributed by atoms with Crippen LogP contribution in [-0.4, -0.2) is 17.7 Å². The molecule has 3 aromatic carbocycles. The highest BCUT2D eigenvalue weighted by Gasteiger charge is 2.28. The van der Waals surface area contributed by atoms with E-state index in [1.165, 1.54) is 26.8 Å². The maximum absolute atomic E-state index is 9.76. The van der Waals surface area contributed by atoms with Crippen molar-refractivity contribution in [2.24, 2.45) is 0 Å². The second kappa shape index (κ2) is 7.18. The van der Waals surface area contributed by atoms with Gasteiger partial charge in [0.15, 0.2) is 0 Å². The first kappa shape index (κ1) is 17.8. The number of aromatic nitrogens is 1. The Morgan fingerprint density at radius 1 is 0.852 bits per heavy atom. The zero-order chi connectivity index (χ0) is 18.9. The summed E-state index contributed by atoms with van der Waals surface area (Å²) in [6, 6.07) is 28.0. The van der Waals surface area contributed by atoms with Gasteiger partial charge in [-0.2, -0.15) is 0 Å². The third-order valence-electron chi connectivity index (χ3n) is 5.55. The van der Waals surface area contributed by atoms with E-state index in [2.05, 4.69) is 90.6 Å². The topological polar surface area (TPSA) is 25.2 Å². The van der Waals surface area contributed by atoms with E-state index in [0.717, 1.165) is 12.1 Å². The molecule has 2 nitrogen and oxygen atoms in total. The van der Waals surface area contributed by atoms with Gasteiger partial charge in [0, 0.05) is 18.3 Å². The lowest BCUT2D eigenvalue weighted by Gasteiger charge is -2.26. The molecule has 4 rings (SSSR count). The van der Waals surface area contributed by atoms with Crippen LogP contribution in [0.1, 0.15) is 11.1 Å². The highest BCUT2D eigenvalue weighted by Crippen LogP contribution is 2.18. The Kier molecular flexibility index (Phi) is 4.73. The summed E-state index contributed by atoms with van der Waals surface area (Å²) in [5.41, 5.74) is 3.63. The first-order valence-corrected chi connectivity index (χ1v) is 12.4. The molecular weight excluding hydrogens is 346 g/mol. The molecule has 0 aliphatic heterocycles. The molecule has 0 radical (unpaired) electrons. The lowest BCUT2D eigenvalue weighted by Crippen LogP contribution is -2.54. The smallest absolute Gasteiger partial charge is 0.112 e. The number of fused-ring (bicyclic) bond motifs is 1. The van der Waals surface area contributed by atoms with Crippen LogP contribution in [0.25, 0.3) is 10.9 Å². The zero-order valence-corrected chi connectivity index (χ0v) is 16.9. The number of benzene rings is 3. The summed E-state index contributed by atoms with van der Waals surface area (Å²) in [7, 11) is -1.87. The summed E-state index contributed by atoms with van der Waals surface area (Å²) in [6.45, 7) is 5.72. The van der Waals surface area contributed by atoms with E-state index < -0.39 is 8.07 Å². The van der Waals surface area contributed by atoms with E-state index in [1.54, 1.807) is 0 Å². The predicted molar refractivity (Wildman–Crippen MR) is 117 cm³/mol. The average Bonchev–Trinajstić information content (AvgIpc) is 3.11. The maximum Gasteiger partial charge on any atom is 0.112 e. The summed E-state index contributed by atoms with van der Waals surface area (Å²) >= 11 is 0. The van der Waals surface area contributed by atoms with Gasteiger partial charge in [0.25, 0.3) is 0 Å². The highest BCUT2D eigenvalue weighted by molar-refractivity contribution is 7.00. The summed E-state index contributed by atoms with van der Waals surface area (Å²) < 4.78 is 2.31. The Balaban J connectivity index is 1.72. The highest BCUT2D eigenvalue weighted by atomic mass is 28.3. The molecule has 0 atom stereocenters. The average molecular weight is 372 g/mol. The number of hydrogen-bond acceptors (Lipinski definition) is 1. The van der Waals surface area contributed by atoms with E-state index in [1.807, 2.05) is 12.1 Å². The van der Waals surface area contributed by atoms with E-state index >= 15 is 0 Å². The Bertz CT molecular complexity index is 1070. The minimum Gasteiger partial charge on any atom is -0.392 e. The van der Waals surface area contributed by atoms with Crippen molar-refractivity contribution in [3.63, 3.8) is 0 Å². The Hall–Kier alpha value is -2.62. The monoisotopic (exact) mass is 371 g/mol. The van der Waals surface area contributed by atoms with Crippen LogP contribution in [0.2, 0.25) is 13.1 Å². The van der Waals surface area contributed by atoms with Crippen molar-refractivity contribution < 1.29 is 5.11 Å². The standard InChI is InChI=1S/C24H25NOSi/c1-27(2,24-11-7-6-10-21(24)18-26)22-12-13-23-20(16-22)14-15-25(23)17-19-8-4-3-5-9-19/h3-16,26H,17-18H2,1-2H3. The quantitative estimate of drug-likeness (QED) is 0.527. The fourth-order valence-corrected chi connectivity index (χ4v) is 6.74. The third-order valence-corrected chi connectivity index (χ3v) is 9.14. The Morgan fingerprint density at radius 3 is 2.37 bits per heavy atom. The first-order chi connectivity index (χ1) is 13.1.